The van der Waals surface area contributed by atoms with Crippen molar-refractivity contribution in [2.45, 2.75) is 51.2 Å². The van der Waals surface area contributed by atoms with Gasteiger partial charge in [0.2, 0.25) is 0 Å². The van der Waals surface area contributed by atoms with E-state index in [1.54, 1.807) is 11.6 Å². The SMILES string of the molecule is CC1(C)OC2CC(C)(C(=O)[O-])CC2(n2nnc3ccccc32)O1. The Bertz CT molecular complexity index is 801. The normalized spacial score (nSPS) is 35.5. The predicted molar refractivity (Wildman–Crippen MR) is 77.9 cm³/mol. The maximum atomic E-state index is 11.6. The van der Waals surface area contributed by atoms with Gasteiger partial charge in [0.25, 0.3) is 0 Å². The van der Waals surface area contributed by atoms with E-state index < -0.39 is 29.0 Å². The lowest BCUT2D eigenvalue weighted by Gasteiger charge is -2.33. The van der Waals surface area contributed by atoms with Gasteiger partial charge in [-0.25, -0.2) is 4.68 Å². The van der Waals surface area contributed by atoms with Crippen molar-refractivity contribution in [1.82, 2.24) is 15.0 Å². The summed E-state index contributed by atoms with van der Waals surface area (Å²) in [4.78, 5) is 11.6. The highest BCUT2D eigenvalue weighted by Crippen LogP contribution is 2.56. The van der Waals surface area contributed by atoms with Gasteiger partial charge in [0.05, 0.1) is 5.52 Å². The van der Waals surface area contributed by atoms with Crippen molar-refractivity contribution in [1.29, 1.82) is 0 Å². The Balaban J connectivity index is 1.90. The number of carbonyl (C=O) groups excluding carboxylic acids is 1. The van der Waals surface area contributed by atoms with Gasteiger partial charge < -0.3 is 19.4 Å². The molecular weight excluding hydrogens is 298 g/mol. The van der Waals surface area contributed by atoms with Crippen LogP contribution in [0.15, 0.2) is 24.3 Å². The van der Waals surface area contributed by atoms with Crippen LogP contribution in [-0.2, 0) is 20.0 Å². The van der Waals surface area contributed by atoms with Crippen LogP contribution in [0.5, 0.6) is 0 Å². The van der Waals surface area contributed by atoms with Crippen molar-refractivity contribution >= 4 is 17.0 Å². The summed E-state index contributed by atoms with van der Waals surface area (Å²) < 4.78 is 13.9. The molecule has 3 unspecified atom stereocenters. The van der Waals surface area contributed by atoms with E-state index in [9.17, 15) is 9.90 Å². The molecule has 122 valence electrons. The number of aliphatic carboxylic acids is 1. The number of carboxylic acids is 1. The first-order valence-electron chi connectivity index (χ1n) is 7.66. The van der Waals surface area contributed by atoms with Gasteiger partial charge in [-0.2, -0.15) is 0 Å². The number of nitrogens with zero attached hydrogens (tertiary/aromatic N) is 3. The van der Waals surface area contributed by atoms with Gasteiger partial charge >= 0.3 is 0 Å². The van der Waals surface area contributed by atoms with Gasteiger partial charge in [-0.05, 0) is 32.4 Å². The fourth-order valence-electron chi connectivity index (χ4n) is 3.90. The quantitative estimate of drug-likeness (QED) is 0.813. The third-order valence-electron chi connectivity index (χ3n) is 4.83. The molecule has 3 atom stereocenters. The molecule has 2 aromatic rings. The first-order valence-corrected chi connectivity index (χ1v) is 7.66. The molecule has 1 saturated heterocycles. The van der Waals surface area contributed by atoms with Crippen molar-refractivity contribution in [3.63, 3.8) is 0 Å². The summed E-state index contributed by atoms with van der Waals surface area (Å²) in [5.74, 6) is -1.91. The number of rotatable bonds is 2. The monoisotopic (exact) mass is 316 g/mol. The number of para-hydroxylation sites is 1. The molecule has 1 aromatic heterocycles. The van der Waals surface area contributed by atoms with Crippen LogP contribution in [0.25, 0.3) is 11.0 Å². The maximum Gasteiger partial charge on any atom is 0.193 e. The zero-order chi connectivity index (χ0) is 16.5. The van der Waals surface area contributed by atoms with E-state index in [0.29, 0.717) is 6.42 Å². The van der Waals surface area contributed by atoms with E-state index in [1.807, 2.05) is 38.1 Å². The second-order valence-corrected chi connectivity index (χ2v) is 7.17. The fraction of sp³-hybridized carbons (Fsp3) is 0.562. The molecule has 0 N–H and O–H groups in total. The van der Waals surface area contributed by atoms with Crippen molar-refractivity contribution in [3.8, 4) is 0 Å². The van der Waals surface area contributed by atoms with E-state index in [-0.39, 0.29) is 6.42 Å². The van der Waals surface area contributed by atoms with E-state index in [2.05, 4.69) is 10.3 Å². The van der Waals surface area contributed by atoms with Gasteiger partial charge in [-0.15, -0.1) is 5.10 Å². The average Bonchev–Trinajstić information content (AvgIpc) is 3.05. The lowest BCUT2D eigenvalue weighted by Crippen LogP contribution is -2.44. The summed E-state index contributed by atoms with van der Waals surface area (Å²) in [6.45, 7) is 5.31. The van der Waals surface area contributed by atoms with Crippen LogP contribution >= 0.6 is 0 Å². The van der Waals surface area contributed by atoms with Crippen LogP contribution in [0.3, 0.4) is 0 Å². The Morgan fingerprint density at radius 2 is 2.09 bits per heavy atom. The van der Waals surface area contributed by atoms with Crippen LogP contribution in [0, 0.1) is 5.41 Å². The molecule has 1 aliphatic carbocycles. The van der Waals surface area contributed by atoms with Crippen molar-refractivity contribution in [3.05, 3.63) is 24.3 Å². The zero-order valence-corrected chi connectivity index (χ0v) is 13.3. The Morgan fingerprint density at radius 1 is 1.35 bits per heavy atom. The third-order valence-corrected chi connectivity index (χ3v) is 4.83. The predicted octanol–water partition coefficient (Wildman–Crippen LogP) is 0.786. The minimum Gasteiger partial charge on any atom is -0.550 e. The standard InChI is InChI=1S/C16H19N3O4/c1-14(2)22-12-8-15(3,13(20)21)9-16(12,23-14)19-11-7-5-4-6-10(11)17-18-19/h4-7,12H,8-9H2,1-3H3,(H,20,21)/p-1. The molecule has 0 bridgehead atoms. The smallest absolute Gasteiger partial charge is 0.193 e. The zero-order valence-electron chi connectivity index (χ0n) is 13.3. The molecule has 4 rings (SSSR count). The molecule has 0 radical (unpaired) electrons. The highest BCUT2D eigenvalue weighted by molar-refractivity contribution is 5.75. The van der Waals surface area contributed by atoms with Crippen molar-refractivity contribution < 1.29 is 19.4 Å². The molecule has 1 saturated carbocycles. The van der Waals surface area contributed by atoms with Crippen LogP contribution in [0.2, 0.25) is 0 Å². The van der Waals surface area contributed by atoms with Gasteiger partial charge in [0.15, 0.2) is 11.5 Å². The Labute approximate surface area is 133 Å². The minimum atomic E-state index is -1.10. The van der Waals surface area contributed by atoms with Gasteiger partial charge in [-0.3, -0.25) is 0 Å². The number of carbonyl (C=O) groups is 1. The molecule has 0 spiro atoms. The van der Waals surface area contributed by atoms with Crippen molar-refractivity contribution in [2.75, 3.05) is 0 Å². The topological polar surface area (TPSA) is 89.3 Å². The summed E-state index contributed by atoms with van der Waals surface area (Å²) in [6, 6.07) is 7.52. The number of hydrogen-bond donors (Lipinski definition) is 0. The first kappa shape index (κ1) is 14.6. The lowest BCUT2D eigenvalue weighted by atomic mass is 9.88. The maximum absolute atomic E-state index is 11.6. The summed E-state index contributed by atoms with van der Waals surface area (Å²) in [5, 5.41) is 20.0. The highest BCUT2D eigenvalue weighted by atomic mass is 16.8. The number of hydrogen-bond acceptors (Lipinski definition) is 6. The largest absolute Gasteiger partial charge is 0.550 e. The van der Waals surface area contributed by atoms with E-state index in [4.69, 9.17) is 9.47 Å². The number of carboxylic acid groups (broad SMARTS) is 1. The summed E-state index contributed by atoms with van der Waals surface area (Å²) >= 11 is 0. The third kappa shape index (κ3) is 1.93. The Hall–Kier alpha value is -1.99. The van der Waals surface area contributed by atoms with Gasteiger partial charge in [0.1, 0.15) is 11.6 Å². The summed E-state index contributed by atoms with van der Waals surface area (Å²) in [6.07, 6.45) is 0.113. The summed E-state index contributed by atoms with van der Waals surface area (Å²) in [5.41, 5.74) is -0.500. The van der Waals surface area contributed by atoms with E-state index in [0.717, 1.165) is 11.0 Å². The number of ether oxygens (including phenoxy) is 2. The number of aromatic nitrogens is 3. The van der Waals surface area contributed by atoms with E-state index >= 15 is 0 Å². The first-order chi connectivity index (χ1) is 10.8. The molecule has 23 heavy (non-hydrogen) atoms. The average molecular weight is 316 g/mol. The molecule has 7 heteroatoms. The van der Waals surface area contributed by atoms with E-state index in [1.165, 1.54) is 0 Å². The van der Waals surface area contributed by atoms with Crippen LogP contribution < -0.4 is 5.11 Å². The second kappa shape index (κ2) is 4.30. The van der Waals surface area contributed by atoms with Crippen LogP contribution in [-0.4, -0.2) is 32.9 Å². The minimum absolute atomic E-state index is 0.226. The Morgan fingerprint density at radius 3 is 2.83 bits per heavy atom. The molecular formula is C16H18N3O4-. The van der Waals surface area contributed by atoms with Crippen LogP contribution in [0.1, 0.15) is 33.6 Å². The molecule has 1 aliphatic heterocycles. The Kier molecular flexibility index (Phi) is 2.73. The van der Waals surface area contributed by atoms with Gasteiger partial charge in [-0.1, -0.05) is 24.3 Å². The summed E-state index contributed by atoms with van der Waals surface area (Å²) in [7, 11) is 0. The van der Waals surface area contributed by atoms with Gasteiger partial charge in [0, 0.05) is 17.8 Å². The van der Waals surface area contributed by atoms with Crippen molar-refractivity contribution in [2.24, 2.45) is 5.41 Å². The van der Waals surface area contributed by atoms with Crippen LogP contribution in [0.4, 0.5) is 0 Å². The molecule has 2 heterocycles. The molecule has 0 amide bonds. The molecule has 2 fully saturated rings. The fourth-order valence-corrected chi connectivity index (χ4v) is 3.90. The number of fused-ring (bicyclic) bond motifs is 2. The lowest BCUT2D eigenvalue weighted by molar-refractivity contribution is -0.321. The molecule has 7 nitrogen and oxygen atoms in total. The number of benzene rings is 1. The molecule has 1 aromatic carbocycles. The second-order valence-electron chi connectivity index (χ2n) is 7.17. The highest BCUT2D eigenvalue weighted by Gasteiger charge is 2.64. The molecule has 2 aliphatic rings.